The van der Waals surface area contributed by atoms with Crippen LogP contribution < -0.4 is 10.6 Å². The van der Waals surface area contributed by atoms with E-state index in [2.05, 4.69) is 17.2 Å². The number of amides is 3. The van der Waals surface area contributed by atoms with E-state index in [1.807, 2.05) is 6.08 Å². The lowest BCUT2D eigenvalue weighted by molar-refractivity contribution is -0.141. The van der Waals surface area contributed by atoms with Gasteiger partial charge in [-0.1, -0.05) is 6.08 Å². The van der Waals surface area contributed by atoms with Gasteiger partial charge >= 0.3 is 12.0 Å². The van der Waals surface area contributed by atoms with E-state index < -0.39 is 12.0 Å². The van der Waals surface area contributed by atoms with Crippen molar-refractivity contribution in [2.24, 2.45) is 0 Å². The Kier molecular flexibility index (Phi) is 8.89. The summed E-state index contributed by atoms with van der Waals surface area (Å²) < 4.78 is 4.88. The number of nitrogens with one attached hydrogen (secondary N) is 2. The minimum Gasteiger partial charge on any atom is -0.466 e. The van der Waals surface area contributed by atoms with Crippen LogP contribution in [0, 0.1) is 0 Å². The smallest absolute Gasteiger partial charge is 0.317 e. The van der Waals surface area contributed by atoms with E-state index in [4.69, 9.17) is 4.74 Å². The summed E-state index contributed by atoms with van der Waals surface area (Å²) in [5, 5.41) is 5.60. The van der Waals surface area contributed by atoms with Gasteiger partial charge in [0.25, 0.3) is 0 Å². The summed E-state index contributed by atoms with van der Waals surface area (Å²) in [5.74, 6) is -0.625. The molecule has 1 aliphatic carbocycles. The second-order valence-corrected chi connectivity index (χ2v) is 6.12. The molecule has 1 aliphatic rings. The van der Waals surface area contributed by atoms with Gasteiger partial charge in [0.05, 0.1) is 6.61 Å². The molecule has 0 saturated heterocycles. The summed E-state index contributed by atoms with van der Waals surface area (Å²) in [7, 11) is 1.70. The number of carbonyl (C=O) groups is 3. The van der Waals surface area contributed by atoms with E-state index in [1.54, 1.807) is 11.9 Å². The third-order valence-electron chi connectivity index (χ3n) is 3.75. The Morgan fingerprint density at radius 3 is 2.62 bits per heavy atom. The third-order valence-corrected chi connectivity index (χ3v) is 3.75. The highest BCUT2D eigenvalue weighted by Gasteiger charge is 2.29. The maximum atomic E-state index is 12.2. The SMILES string of the molecule is C=CCCCCN(C)C(=O)NC(CCOC(C)=O)C(=O)NC1CC1. The number of nitrogens with zero attached hydrogens (tertiary/aromatic N) is 1. The number of ether oxygens (including phenoxy) is 1. The highest BCUT2D eigenvalue weighted by atomic mass is 16.5. The van der Waals surface area contributed by atoms with Gasteiger partial charge in [-0.2, -0.15) is 0 Å². The molecule has 0 aromatic heterocycles. The number of hydrogen-bond donors (Lipinski definition) is 2. The van der Waals surface area contributed by atoms with Crippen molar-refractivity contribution in [2.45, 2.75) is 57.5 Å². The number of unbranched alkanes of at least 4 members (excludes halogenated alkanes) is 2. The Morgan fingerprint density at radius 1 is 1.33 bits per heavy atom. The fourth-order valence-electron chi connectivity index (χ4n) is 2.12. The molecule has 1 rings (SSSR count). The van der Waals surface area contributed by atoms with Crippen molar-refractivity contribution in [3.63, 3.8) is 0 Å². The Bertz CT molecular complexity index is 449. The van der Waals surface area contributed by atoms with E-state index >= 15 is 0 Å². The van der Waals surface area contributed by atoms with Crippen LogP contribution in [0.15, 0.2) is 12.7 Å². The van der Waals surface area contributed by atoms with Crippen LogP contribution in [-0.4, -0.2) is 55.1 Å². The van der Waals surface area contributed by atoms with Gasteiger partial charge in [-0.15, -0.1) is 6.58 Å². The predicted octanol–water partition coefficient (Wildman–Crippen LogP) is 1.58. The van der Waals surface area contributed by atoms with Crippen LogP contribution in [0.25, 0.3) is 0 Å². The van der Waals surface area contributed by atoms with Crippen LogP contribution in [-0.2, 0) is 14.3 Å². The van der Waals surface area contributed by atoms with Crippen LogP contribution in [0.5, 0.6) is 0 Å². The summed E-state index contributed by atoms with van der Waals surface area (Å²) in [6.07, 6.45) is 6.83. The van der Waals surface area contributed by atoms with Gasteiger partial charge in [-0.25, -0.2) is 4.79 Å². The maximum Gasteiger partial charge on any atom is 0.317 e. The van der Waals surface area contributed by atoms with E-state index in [0.29, 0.717) is 6.54 Å². The monoisotopic (exact) mass is 339 g/mol. The highest BCUT2D eigenvalue weighted by molar-refractivity contribution is 5.87. The highest BCUT2D eigenvalue weighted by Crippen LogP contribution is 2.18. The van der Waals surface area contributed by atoms with Crippen molar-refractivity contribution < 1.29 is 19.1 Å². The van der Waals surface area contributed by atoms with Crippen LogP contribution >= 0.6 is 0 Å². The van der Waals surface area contributed by atoms with E-state index in [0.717, 1.165) is 32.1 Å². The molecule has 1 fully saturated rings. The Labute approximate surface area is 143 Å². The zero-order chi connectivity index (χ0) is 17.9. The molecule has 136 valence electrons. The minimum absolute atomic E-state index is 0.0986. The standard InChI is InChI=1S/C17H29N3O4/c1-4-5-6-7-11-20(3)17(23)19-15(10-12-24-13(2)21)16(22)18-14-8-9-14/h4,14-15H,1,5-12H2,2-3H3,(H,18,22)(H,19,23). The van der Waals surface area contributed by atoms with Crippen molar-refractivity contribution >= 4 is 17.9 Å². The van der Waals surface area contributed by atoms with E-state index in [-0.39, 0.29) is 31.0 Å². The van der Waals surface area contributed by atoms with Crippen LogP contribution in [0.2, 0.25) is 0 Å². The molecule has 1 unspecified atom stereocenters. The Morgan fingerprint density at radius 2 is 2.04 bits per heavy atom. The molecule has 7 nitrogen and oxygen atoms in total. The zero-order valence-electron chi connectivity index (χ0n) is 14.7. The maximum absolute atomic E-state index is 12.2. The molecule has 0 radical (unpaired) electrons. The van der Waals surface area contributed by atoms with E-state index in [1.165, 1.54) is 6.92 Å². The molecule has 3 amide bonds. The lowest BCUT2D eigenvalue weighted by Crippen LogP contribution is -2.51. The normalized spacial score (nSPS) is 14.4. The average Bonchev–Trinajstić information content (AvgIpc) is 3.33. The van der Waals surface area contributed by atoms with Gasteiger partial charge in [0.15, 0.2) is 0 Å². The van der Waals surface area contributed by atoms with Gasteiger partial charge in [-0.3, -0.25) is 9.59 Å². The number of urea groups is 1. The number of rotatable bonds is 11. The fraction of sp³-hybridized carbons (Fsp3) is 0.706. The van der Waals surface area contributed by atoms with Crippen molar-refractivity contribution in [3.05, 3.63) is 12.7 Å². The first-order chi connectivity index (χ1) is 11.4. The lowest BCUT2D eigenvalue weighted by atomic mass is 10.2. The second kappa shape index (κ2) is 10.7. The van der Waals surface area contributed by atoms with Crippen LogP contribution in [0.1, 0.15) is 45.4 Å². The largest absolute Gasteiger partial charge is 0.466 e. The van der Waals surface area contributed by atoms with Crippen molar-refractivity contribution in [1.82, 2.24) is 15.5 Å². The molecule has 1 saturated carbocycles. The van der Waals surface area contributed by atoms with Crippen LogP contribution in [0.4, 0.5) is 4.79 Å². The number of hydrogen-bond acceptors (Lipinski definition) is 4. The minimum atomic E-state index is -0.701. The van der Waals surface area contributed by atoms with Gasteiger partial charge in [0.1, 0.15) is 6.04 Å². The molecule has 7 heteroatoms. The summed E-state index contributed by atoms with van der Waals surface area (Å²) in [6, 6.07) is -0.789. The van der Waals surface area contributed by atoms with E-state index in [9.17, 15) is 14.4 Å². The van der Waals surface area contributed by atoms with Gasteiger partial charge in [0, 0.05) is 33.0 Å². The van der Waals surface area contributed by atoms with Crippen molar-refractivity contribution in [2.75, 3.05) is 20.2 Å². The van der Waals surface area contributed by atoms with Gasteiger partial charge in [0.2, 0.25) is 5.91 Å². The van der Waals surface area contributed by atoms with Crippen LogP contribution in [0.3, 0.4) is 0 Å². The average molecular weight is 339 g/mol. The molecule has 2 N–H and O–H groups in total. The summed E-state index contributed by atoms with van der Waals surface area (Å²) in [6.45, 7) is 5.69. The Hall–Kier alpha value is -2.05. The van der Waals surface area contributed by atoms with Gasteiger partial charge < -0.3 is 20.3 Å². The molecule has 0 spiro atoms. The molecule has 0 aliphatic heterocycles. The molecule has 0 aromatic carbocycles. The fourth-order valence-corrected chi connectivity index (χ4v) is 2.12. The molecule has 0 bridgehead atoms. The van der Waals surface area contributed by atoms with Crippen molar-refractivity contribution in [3.8, 4) is 0 Å². The quantitative estimate of drug-likeness (QED) is 0.340. The first kappa shape index (κ1) is 20.0. The van der Waals surface area contributed by atoms with Crippen molar-refractivity contribution in [1.29, 1.82) is 0 Å². The molecular weight excluding hydrogens is 310 g/mol. The first-order valence-corrected chi connectivity index (χ1v) is 8.50. The van der Waals surface area contributed by atoms with Gasteiger partial charge in [-0.05, 0) is 32.1 Å². The summed E-state index contributed by atoms with van der Waals surface area (Å²) in [5.41, 5.74) is 0. The number of esters is 1. The molecule has 1 atom stereocenters. The molecule has 0 heterocycles. The number of carbonyl (C=O) groups excluding carboxylic acids is 3. The molecule has 0 aromatic rings. The Balaban J connectivity index is 2.44. The summed E-state index contributed by atoms with van der Waals surface area (Å²) >= 11 is 0. The predicted molar refractivity (Wildman–Crippen MR) is 91.4 cm³/mol. The third kappa shape index (κ3) is 8.55. The number of allylic oxidation sites excluding steroid dienone is 1. The molecule has 24 heavy (non-hydrogen) atoms. The summed E-state index contributed by atoms with van der Waals surface area (Å²) in [4.78, 5) is 36.9. The topological polar surface area (TPSA) is 87.7 Å². The first-order valence-electron chi connectivity index (χ1n) is 8.50. The second-order valence-electron chi connectivity index (χ2n) is 6.12. The molecular formula is C17H29N3O4. The lowest BCUT2D eigenvalue weighted by Gasteiger charge is -2.23. The zero-order valence-corrected chi connectivity index (χ0v) is 14.7.